The Hall–Kier alpha value is -1.39. The van der Waals surface area contributed by atoms with E-state index in [4.69, 9.17) is 9.47 Å². The minimum absolute atomic E-state index is 0.0191. The number of carbonyl (C=O) groups excluding carboxylic acids is 1. The number of carbonyl (C=O) groups is 1. The summed E-state index contributed by atoms with van der Waals surface area (Å²) in [5.41, 5.74) is 0.927. The van der Waals surface area contributed by atoms with E-state index >= 15 is 0 Å². The maximum atomic E-state index is 12.0. The Bertz CT molecular complexity index is 431. The number of hydrogen-bond acceptors (Lipinski definition) is 4. The molecule has 1 saturated heterocycles. The van der Waals surface area contributed by atoms with Crippen molar-refractivity contribution in [3.05, 3.63) is 35.9 Å². The minimum atomic E-state index is -1.38. The van der Waals surface area contributed by atoms with Gasteiger partial charge in [-0.15, -0.1) is 0 Å². The van der Waals surface area contributed by atoms with E-state index < -0.39 is 17.7 Å². The highest BCUT2D eigenvalue weighted by Gasteiger charge is 2.45. The lowest BCUT2D eigenvalue weighted by Crippen LogP contribution is -2.41. The zero-order valence-electron chi connectivity index (χ0n) is 11.3. The van der Waals surface area contributed by atoms with Crippen LogP contribution in [-0.2, 0) is 20.9 Å². The molecule has 0 aliphatic carbocycles. The summed E-state index contributed by atoms with van der Waals surface area (Å²) in [5.74, 6) is -2.49. The monoisotopic (exact) mass is 264 g/mol. The van der Waals surface area contributed by atoms with Gasteiger partial charge in [0.05, 0.1) is 6.10 Å². The van der Waals surface area contributed by atoms with Crippen molar-refractivity contribution >= 4 is 5.97 Å². The van der Waals surface area contributed by atoms with Gasteiger partial charge in [0.2, 0.25) is 0 Å². The molecule has 4 nitrogen and oxygen atoms in total. The van der Waals surface area contributed by atoms with Crippen LogP contribution in [0.5, 0.6) is 0 Å². The van der Waals surface area contributed by atoms with Crippen LogP contribution in [0.3, 0.4) is 0 Å². The SMILES string of the molecule is CC1CCC(O)(C(C)C(=O)OCc2ccccc2)O1. The number of rotatable bonds is 4. The third-order valence-electron chi connectivity index (χ3n) is 3.57. The summed E-state index contributed by atoms with van der Waals surface area (Å²) in [6.07, 6.45) is 1.21. The summed E-state index contributed by atoms with van der Waals surface area (Å²) < 4.78 is 10.7. The molecule has 0 radical (unpaired) electrons. The van der Waals surface area contributed by atoms with Crippen LogP contribution in [0.25, 0.3) is 0 Å². The maximum Gasteiger partial charge on any atom is 0.314 e. The molecule has 0 amide bonds. The number of ether oxygens (including phenoxy) is 2. The Labute approximate surface area is 113 Å². The molecule has 1 aromatic rings. The first-order valence-electron chi connectivity index (χ1n) is 6.62. The minimum Gasteiger partial charge on any atom is -0.460 e. The molecule has 3 unspecified atom stereocenters. The van der Waals surface area contributed by atoms with Crippen LogP contribution < -0.4 is 0 Å². The first-order valence-corrected chi connectivity index (χ1v) is 6.62. The van der Waals surface area contributed by atoms with Crippen molar-refractivity contribution in [1.29, 1.82) is 0 Å². The van der Waals surface area contributed by atoms with Gasteiger partial charge in [-0.25, -0.2) is 0 Å². The number of esters is 1. The normalized spacial score (nSPS) is 28.1. The van der Waals surface area contributed by atoms with E-state index in [2.05, 4.69) is 0 Å². The van der Waals surface area contributed by atoms with Gasteiger partial charge in [0.15, 0.2) is 5.79 Å². The van der Waals surface area contributed by atoms with Gasteiger partial charge < -0.3 is 14.6 Å². The lowest BCUT2D eigenvalue weighted by molar-refractivity contribution is -0.226. The van der Waals surface area contributed by atoms with Crippen molar-refractivity contribution in [1.82, 2.24) is 0 Å². The number of benzene rings is 1. The van der Waals surface area contributed by atoms with Crippen molar-refractivity contribution in [3.8, 4) is 0 Å². The van der Waals surface area contributed by atoms with Crippen molar-refractivity contribution in [2.75, 3.05) is 0 Å². The van der Waals surface area contributed by atoms with E-state index in [9.17, 15) is 9.90 Å². The van der Waals surface area contributed by atoms with Crippen LogP contribution in [0.4, 0.5) is 0 Å². The van der Waals surface area contributed by atoms with Gasteiger partial charge in [0, 0.05) is 6.42 Å². The average Bonchev–Trinajstić information content (AvgIpc) is 2.77. The summed E-state index contributed by atoms with van der Waals surface area (Å²) in [5, 5.41) is 10.3. The molecule has 1 heterocycles. The van der Waals surface area contributed by atoms with Crippen molar-refractivity contribution in [2.24, 2.45) is 5.92 Å². The lowest BCUT2D eigenvalue weighted by Gasteiger charge is -2.28. The molecule has 104 valence electrons. The zero-order chi connectivity index (χ0) is 13.9. The fourth-order valence-corrected chi connectivity index (χ4v) is 2.23. The van der Waals surface area contributed by atoms with E-state index in [0.29, 0.717) is 6.42 Å². The van der Waals surface area contributed by atoms with Crippen molar-refractivity contribution in [3.63, 3.8) is 0 Å². The summed E-state index contributed by atoms with van der Waals surface area (Å²) in [4.78, 5) is 12.0. The first kappa shape index (κ1) is 14.0. The van der Waals surface area contributed by atoms with Gasteiger partial charge in [-0.3, -0.25) is 4.79 Å². The highest BCUT2D eigenvalue weighted by molar-refractivity contribution is 5.73. The van der Waals surface area contributed by atoms with Crippen molar-refractivity contribution < 1.29 is 19.4 Å². The smallest absolute Gasteiger partial charge is 0.314 e. The molecule has 0 spiro atoms. The molecule has 0 aromatic heterocycles. The molecular weight excluding hydrogens is 244 g/mol. The molecule has 1 aliphatic rings. The maximum absolute atomic E-state index is 12.0. The molecule has 19 heavy (non-hydrogen) atoms. The van der Waals surface area contributed by atoms with Gasteiger partial charge in [0.1, 0.15) is 12.5 Å². The van der Waals surface area contributed by atoms with Gasteiger partial charge in [-0.1, -0.05) is 30.3 Å². The Morgan fingerprint density at radius 2 is 2.21 bits per heavy atom. The molecule has 4 heteroatoms. The summed E-state index contributed by atoms with van der Waals surface area (Å²) >= 11 is 0. The van der Waals surface area contributed by atoms with Crippen LogP contribution in [0, 0.1) is 5.92 Å². The van der Waals surface area contributed by atoms with Crippen LogP contribution in [0.15, 0.2) is 30.3 Å². The Morgan fingerprint density at radius 1 is 1.53 bits per heavy atom. The second-order valence-corrected chi connectivity index (χ2v) is 5.13. The van der Waals surface area contributed by atoms with Crippen LogP contribution in [0.1, 0.15) is 32.3 Å². The van der Waals surface area contributed by atoms with Crippen molar-refractivity contribution in [2.45, 2.75) is 45.2 Å². The quantitative estimate of drug-likeness (QED) is 0.847. The molecule has 1 N–H and O–H groups in total. The molecular formula is C15H20O4. The second-order valence-electron chi connectivity index (χ2n) is 5.13. The molecule has 3 atom stereocenters. The molecule has 1 aromatic carbocycles. The number of hydrogen-bond donors (Lipinski definition) is 1. The lowest BCUT2D eigenvalue weighted by atomic mass is 9.98. The highest BCUT2D eigenvalue weighted by Crippen LogP contribution is 2.34. The largest absolute Gasteiger partial charge is 0.460 e. The van der Waals surface area contributed by atoms with Gasteiger partial charge in [-0.05, 0) is 25.8 Å². The molecule has 0 bridgehead atoms. The molecule has 1 fully saturated rings. The average molecular weight is 264 g/mol. The Balaban J connectivity index is 1.89. The molecule has 0 saturated carbocycles. The highest BCUT2D eigenvalue weighted by atomic mass is 16.6. The molecule has 2 rings (SSSR count). The van der Waals surface area contributed by atoms with Gasteiger partial charge in [-0.2, -0.15) is 0 Å². The summed E-state index contributed by atoms with van der Waals surface area (Å²) in [7, 11) is 0. The van der Waals surface area contributed by atoms with Crippen LogP contribution >= 0.6 is 0 Å². The molecule has 1 aliphatic heterocycles. The first-order chi connectivity index (χ1) is 9.01. The van der Waals surface area contributed by atoms with E-state index in [0.717, 1.165) is 12.0 Å². The number of aliphatic hydroxyl groups is 1. The van der Waals surface area contributed by atoms with Crippen LogP contribution in [-0.4, -0.2) is 23.0 Å². The Kier molecular flexibility index (Phi) is 4.22. The standard InChI is InChI=1S/C15H20O4/c1-11-8-9-15(17,19-11)12(2)14(16)18-10-13-6-4-3-5-7-13/h3-7,11-12,17H,8-10H2,1-2H3. The van der Waals surface area contributed by atoms with E-state index in [-0.39, 0.29) is 12.7 Å². The fourth-order valence-electron chi connectivity index (χ4n) is 2.23. The Morgan fingerprint density at radius 3 is 2.79 bits per heavy atom. The van der Waals surface area contributed by atoms with E-state index in [1.807, 2.05) is 37.3 Å². The van der Waals surface area contributed by atoms with E-state index in [1.165, 1.54) is 0 Å². The summed E-state index contributed by atoms with van der Waals surface area (Å²) in [6.45, 7) is 3.75. The zero-order valence-corrected chi connectivity index (χ0v) is 11.3. The summed E-state index contributed by atoms with van der Waals surface area (Å²) in [6, 6.07) is 9.47. The predicted molar refractivity (Wildman–Crippen MR) is 70.1 cm³/mol. The predicted octanol–water partition coefficient (Wildman–Crippen LogP) is 2.25. The van der Waals surface area contributed by atoms with Crippen LogP contribution in [0.2, 0.25) is 0 Å². The van der Waals surface area contributed by atoms with E-state index in [1.54, 1.807) is 6.92 Å². The van der Waals surface area contributed by atoms with Gasteiger partial charge >= 0.3 is 5.97 Å². The fraction of sp³-hybridized carbons (Fsp3) is 0.533. The second kappa shape index (κ2) is 5.72. The third kappa shape index (κ3) is 3.33. The third-order valence-corrected chi connectivity index (χ3v) is 3.57. The topological polar surface area (TPSA) is 55.8 Å². The van der Waals surface area contributed by atoms with Gasteiger partial charge in [0.25, 0.3) is 0 Å².